The first-order valence-corrected chi connectivity index (χ1v) is 1.55. The number of rotatable bonds is 0. The quantitative estimate of drug-likeness (QED) is 0.438. The maximum Gasteiger partial charge on any atom is 0.137 e. The van der Waals surface area contributed by atoms with E-state index in [1.54, 1.807) is 0 Å². The van der Waals surface area contributed by atoms with Gasteiger partial charge in [0.2, 0.25) is 0 Å². The van der Waals surface area contributed by atoms with Gasteiger partial charge in [-0.1, -0.05) is 0 Å². The molecule has 0 aliphatic carbocycles. The summed E-state index contributed by atoms with van der Waals surface area (Å²) in [5.41, 5.74) is 0. The number of nitrogens with zero attached hydrogens (tertiary/aromatic N) is 3. The zero-order valence-corrected chi connectivity index (χ0v) is 3.20. The Morgan fingerprint density at radius 3 is 2.67 bits per heavy atom. The molecule has 0 aromatic carbocycles. The lowest BCUT2D eigenvalue weighted by molar-refractivity contribution is 0.876. The van der Waals surface area contributed by atoms with Gasteiger partial charge in [-0.15, -0.1) is 0 Å². The van der Waals surface area contributed by atoms with Gasteiger partial charge in [0.15, 0.2) is 0 Å². The molecule has 0 aliphatic rings. The van der Waals surface area contributed by atoms with Crippen LogP contribution in [0, 0.1) is 7.05 Å². The first-order chi connectivity index (χ1) is 2.89. The van der Waals surface area contributed by atoms with E-state index in [1.165, 1.54) is 17.3 Å². The van der Waals surface area contributed by atoms with Crippen LogP contribution >= 0.6 is 0 Å². The second-order valence-corrected chi connectivity index (χ2v) is 0.935. The summed E-state index contributed by atoms with van der Waals surface area (Å²) in [4.78, 5) is 3.61. The second-order valence-electron chi connectivity index (χ2n) is 0.935. The van der Waals surface area contributed by atoms with Crippen LogP contribution in [-0.4, -0.2) is 14.8 Å². The van der Waals surface area contributed by atoms with E-state index in [0.29, 0.717) is 0 Å². The van der Waals surface area contributed by atoms with E-state index >= 15 is 0 Å². The van der Waals surface area contributed by atoms with Gasteiger partial charge in [-0.3, -0.25) is 4.68 Å². The summed E-state index contributed by atoms with van der Waals surface area (Å²) >= 11 is 0. The van der Waals surface area contributed by atoms with E-state index in [9.17, 15) is 0 Å². The molecule has 0 atom stereocenters. The second kappa shape index (κ2) is 1.08. The molecule has 31 valence electrons. The molecular weight excluding hydrogens is 78.1 g/mol. The fourth-order valence-electron chi connectivity index (χ4n) is 0.233. The molecule has 3 heteroatoms. The summed E-state index contributed by atoms with van der Waals surface area (Å²) < 4.78 is 1.39. The van der Waals surface area contributed by atoms with Crippen LogP contribution in [-0.2, 0) is 0 Å². The maximum absolute atomic E-state index is 3.61. The third-order valence-corrected chi connectivity index (χ3v) is 0.467. The van der Waals surface area contributed by atoms with E-state index in [-0.39, 0.29) is 0 Å². The fourth-order valence-corrected chi connectivity index (χ4v) is 0.233. The normalized spacial score (nSPS) is 8.83. The highest BCUT2D eigenvalue weighted by molar-refractivity contribution is 4.54. The van der Waals surface area contributed by atoms with Crippen LogP contribution < -0.4 is 0 Å². The molecule has 0 saturated heterocycles. The third kappa shape index (κ3) is 0.381. The van der Waals surface area contributed by atoms with Gasteiger partial charge in [0.25, 0.3) is 0 Å². The van der Waals surface area contributed by atoms with E-state index in [2.05, 4.69) is 17.1 Å². The standard InChI is InChI=1S/C3H4N3/c1-6-3-4-2-5-6/h2-3H,1H2. The Hall–Kier alpha value is -0.860. The molecular formula is C3H4N3. The number of aromatic nitrogens is 3. The summed E-state index contributed by atoms with van der Waals surface area (Å²) in [6, 6.07) is 0. The molecule has 0 saturated carbocycles. The highest BCUT2D eigenvalue weighted by atomic mass is 15.3. The summed E-state index contributed by atoms with van der Waals surface area (Å²) in [6.45, 7) is 0. The van der Waals surface area contributed by atoms with Gasteiger partial charge in [0.05, 0.1) is 7.05 Å². The smallest absolute Gasteiger partial charge is 0.137 e. The predicted octanol–water partition coefficient (Wildman–Crippen LogP) is -0.0822. The van der Waals surface area contributed by atoms with Crippen molar-refractivity contribution in [1.29, 1.82) is 0 Å². The molecule has 1 aromatic heterocycles. The van der Waals surface area contributed by atoms with Gasteiger partial charge in [-0.2, -0.15) is 5.10 Å². The lowest BCUT2D eigenvalue weighted by atomic mass is 11.2. The average Bonchev–Trinajstić information content (AvgIpc) is 1.86. The molecule has 0 N–H and O–H groups in total. The van der Waals surface area contributed by atoms with Crippen LogP contribution in [0.15, 0.2) is 12.7 Å². The van der Waals surface area contributed by atoms with Crippen LogP contribution in [0.25, 0.3) is 0 Å². The summed E-state index contributed by atoms with van der Waals surface area (Å²) in [7, 11) is 3.42. The molecule has 1 aromatic rings. The first kappa shape index (κ1) is 3.33. The molecule has 1 heterocycles. The highest BCUT2D eigenvalue weighted by Crippen LogP contribution is 1.66. The van der Waals surface area contributed by atoms with Crippen molar-refractivity contribution < 1.29 is 0 Å². The van der Waals surface area contributed by atoms with Crippen molar-refractivity contribution in [3.05, 3.63) is 19.7 Å². The van der Waals surface area contributed by atoms with Crippen molar-refractivity contribution in [3.63, 3.8) is 0 Å². The number of hydrogen-bond acceptors (Lipinski definition) is 2. The van der Waals surface area contributed by atoms with Crippen molar-refractivity contribution >= 4 is 0 Å². The SMILES string of the molecule is [CH2]n1cncn1. The van der Waals surface area contributed by atoms with Gasteiger partial charge in [0.1, 0.15) is 12.7 Å². The molecule has 3 nitrogen and oxygen atoms in total. The molecule has 0 fully saturated rings. The van der Waals surface area contributed by atoms with Crippen molar-refractivity contribution in [2.75, 3.05) is 0 Å². The van der Waals surface area contributed by atoms with Crippen molar-refractivity contribution in [2.45, 2.75) is 0 Å². The average molecular weight is 82.1 g/mol. The van der Waals surface area contributed by atoms with Gasteiger partial charge < -0.3 is 0 Å². The van der Waals surface area contributed by atoms with Gasteiger partial charge >= 0.3 is 0 Å². The van der Waals surface area contributed by atoms with Crippen molar-refractivity contribution in [2.24, 2.45) is 0 Å². The molecule has 1 rings (SSSR count). The van der Waals surface area contributed by atoms with Gasteiger partial charge in [0, 0.05) is 0 Å². The summed E-state index contributed by atoms with van der Waals surface area (Å²) in [5.74, 6) is 0. The van der Waals surface area contributed by atoms with Crippen LogP contribution in [0.1, 0.15) is 0 Å². The van der Waals surface area contributed by atoms with Crippen LogP contribution in [0.5, 0.6) is 0 Å². The lowest BCUT2D eigenvalue weighted by Gasteiger charge is -1.73. The van der Waals surface area contributed by atoms with E-state index in [0.717, 1.165) is 0 Å². The molecule has 0 unspecified atom stereocenters. The molecule has 0 bridgehead atoms. The molecule has 6 heavy (non-hydrogen) atoms. The topological polar surface area (TPSA) is 30.7 Å². The Morgan fingerprint density at radius 2 is 2.50 bits per heavy atom. The Bertz CT molecular complexity index is 110. The number of hydrogen-bond donors (Lipinski definition) is 0. The van der Waals surface area contributed by atoms with E-state index in [4.69, 9.17) is 0 Å². The van der Waals surface area contributed by atoms with Gasteiger partial charge in [-0.05, 0) is 0 Å². The lowest BCUT2D eigenvalue weighted by Crippen LogP contribution is -1.80. The summed E-state index contributed by atoms with van der Waals surface area (Å²) in [5, 5.41) is 3.61. The minimum Gasteiger partial charge on any atom is -0.251 e. The zero-order valence-electron chi connectivity index (χ0n) is 3.20. The Kier molecular flexibility index (Phi) is 0.602. The minimum absolute atomic E-state index is 1.39. The van der Waals surface area contributed by atoms with Crippen LogP contribution in [0.3, 0.4) is 0 Å². The predicted molar refractivity (Wildman–Crippen MR) is 20.8 cm³/mol. The van der Waals surface area contributed by atoms with Gasteiger partial charge in [-0.25, -0.2) is 4.98 Å². The largest absolute Gasteiger partial charge is 0.251 e. The van der Waals surface area contributed by atoms with Crippen LogP contribution in [0.4, 0.5) is 0 Å². The molecule has 1 radical (unpaired) electrons. The van der Waals surface area contributed by atoms with E-state index < -0.39 is 0 Å². The molecule has 0 amide bonds. The third-order valence-electron chi connectivity index (χ3n) is 0.467. The molecule has 0 aliphatic heterocycles. The highest BCUT2D eigenvalue weighted by Gasteiger charge is 1.70. The summed E-state index contributed by atoms with van der Waals surface area (Å²) in [6.07, 6.45) is 2.97. The zero-order chi connectivity index (χ0) is 4.41. The fraction of sp³-hybridized carbons (Fsp3) is 0. The Labute approximate surface area is 35.6 Å². The van der Waals surface area contributed by atoms with Crippen molar-refractivity contribution in [3.8, 4) is 0 Å². The monoisotopic (exact) mass is 82.0 g/mol. The molecule has 0 spiro atoms. The van der Waals surface area contributed by atoms with Crippen molar-refractivity contribution in [1.82, 2.24) is 14.8 Å². The maximum atomic E-state index is 3.61. The Balaban J connectivity index is 3.05. The van der Waals surface area contributed by atoms with Crippen LogP contribution in [0.2, 0.25) is 0 Å². The van der Waals surface area contributed by atoms with E-state index in [1.807, 2.05) is 0 Å². The first-order valence-electron chi connectivity index (χ1n) is 1.55. The Morgan fingerprint density at radius 1 is 1.67 bits per heavy atom. The minimum atomic E-state index is 1.39.